The SMILES string of the molecule is [CH2]C(S)(S)CCCCCC(=O)O. The molecular weight excluding hydrogens is 192 g/mol. The number of carbonyl (C=O) groups is 1. The van der Waals surface area contributed by atoms with Gasteiger partial charge in [-0.25, -0.2) is 0 Å². The first-order chi connectivity index (χ1) is 5.42. The molecule has 71 valence electrons. The molecule has 0 spiro atoms. The summed E-state index contributed by atoms with van der Waals surface area (Å²) < 4.78 is -0.469. The summed E-state index contributed by atoms with van der Waals surface area (Å²) >= 11 is 8.27. The predicted octanol–water partition coefficient (Wildman–Crippen LogP) is 2.41. The number of carboxylic acids is 1. The van der Waals surface area contributed by atoms with Gasteiger partial charge in [-0.15, -0.1) is 0 Å². The molecule has 2 nitrogen and oxygen atoms in total. The Morgan fingerprint density at radius 1 is 1.33 bits per heavy atom. The monoisotopic (exact) mass is 207 g/mol. The smallest absolute Gasteiger partial charge is 0.303 e. The maximum Gasteiger partial charge on any atom is 0.303 e. The van der Waals surface area contributed by atoms with Gasteiger partial charge in [0.15, 0.2) is 0 Å². The summed E-state index contributed by atoms with van der Waals surface area (Å²) in [5, 5.41) is 8.33. The minimum absolute atomic E-state index is 0.253. The predicted molar refractivity (Wildman–Crippen MR) is 56.8 cm³/mol. The van der Waals surface area contributed by atoms with E-state index in [1.54, 1.807) is 0 Å². The summed E-state index contributed by atoms with van der Waals surface area (Å²) in [5.74, 6) is -0.729. The molecule has 0 bridgehead atoms. The lowest BCUT2D eigenvalue weighted by Crippen LogP contribution is -2.06. The van der Waals surface area contributed by atoms with Gasteiger partial charge in [0.2, 0.25) is 0 Å². The molecule has 0 saturated carbocycles. The molecule has 0 heterocycles. The Morgan fingerprint density at radius 2 is 1.92 bits per heavy atom. The molecule has 4 heteroatoms. The molecule has 0 aromatic carbocycles. The number of hydrogen-bond acceptors (Lipinski definition) is 3. The van der Waals surface area contributed by atoms with Gasteiger partial charge in [-0.3, -0.25) is 4.79 Å². The lowest BCUT2D eigenvalue weighted by Gasteiger charge is -2.14. The van der Waals surface area contributed by atoms with Gasteiger partial charge in [0.05, 0.1) is 4.08 Å². The standard InChI is InChI=1S/C8H15O2S2/c1-8(11,12)6-4-2-3-5-7(9)10/h11-12H,1-6H2,(H,9,10). The Hall–Kier alpha value is 0.170. The van der Waals surface area contributed by atoms with E-state index < -0.39 is 10.0 Å². The fourth-order valence-corrected chi connectivity index (χ4v) is 1.18. The molecule has 0 aliphatic rings. The van der Waals surface area contributed by atoms with Crippen molar-refractivity contribution in [1.82, 2.24) is 0 Å². The third-order valence-corrected chi connectivity index (χ3v) is 1.92. The van der Waals surface area contributed by atoms with Crippen LogP contribution in [0.3, 0.4) is 0 Å². The average Bonchev–Trinajstić information content (AvgIpc) is 1.83. The van der Waals surface area contributed by atoms with Crippen molar-refractivity contribution in [3.8, 4) is 0 Å². The van der Waals surface area contributed by atoms with Gasteiger partial charge < -0.3 is 5.11 Å². The van der Waals surface area contributed by atoms with E-state index in [1.165, 1.54) is 0 Å². The van der Waals surface area contributed by atoms with E-state index in [1.807, 2.05) is 0 Å². The highest BCUT2D eigenvalue weighted by atomic mass is 32.2. The van der Waals surface area contributed by atoms with Crippen LogP contribution in [0, 0.1) is 6.92 Å². The second-order valence-electron chi connectivity index (χ2n) is 2.94. The minimum Gasteiger partial charge on any atom is -0.481 e. The Morgan fingerprint density at radius 3 is 2.33 bits per heavy atom. The summed E-state index contributed by atoms with van der Waals surface area (Å²) in [6.07, 6.45) is 3.63. The summed E-state index contributed by atoms with van der Waals surface area (Å²) in [6, 6.07) is 0. The molecular formula is C8H15O2S2. The van der Waals surface area contributed by atoms with Gasteiger partial charge in [0, 0.05) is 6.42 Å². The van der Waals surface area contributed by atoms with E-state index >= 15 is 0 Å². The van der Waals surface area contributed by atoms with Crippen LogP contribution in [0.15, 0.2) is 0 Å². The lowest BCUT2D eigenvalue weighted by atomic mass is 10.1. The fraction of sp³-hybridized carbons (Fsp3) is 0.750. The first kappa shape index (κ1) is 12.2. The zero-order valence-electron chi connectivity index (χ0n) is 6.99. The van der Waals surface area contributed by atoms with Crippen LogP contribution in [0.1, 0.15) is 32.1 Å². The maximum absolute atomic E-state index is 10.1. The Bertz CT molecular complexity index is 140. The molecule has 0 fully saturated rings. The number of thiol groups is 2. The van der Waals surface area contributed by atoms with Crippen molar-refractivity contribution < 1.29 is 9.90 Å². The molecule has 12 heavy (non-hydrogen) atoms. The maximum atomic E-state index is 10.1. The molecule has 0 unspecified atom stereocenters. The molecule has 0 aromatic heterocycles. The summed E-state index contributed by atoms with van der Waals surface area (Å²) in [7, 11) is 0. The average molecular weight is 207 g/mol. The van der Waals surface area contributed by atoms with Crippen molar-refractivity contribution in [2.75, 3.05) is 0 Å². The molecule has 0 aliphatic carbocycles. The van der Waals surface area contributed by atoms with Gasteiger partial charge in [-0.05, 0) is 19.8 Å². The van der Waals surface area contributed by atoms with E-state index in [4.69, 9.17) is 5.11 Å². The van der Waals surface area contributed by atoms with Gasteiger partial charge in [0.25, 0.3) is 0 Å². The Kier molecular flexibility index (Phi) is 5.84. The number of hydrogen-bond donors (Lipinski definition) is 3. The number of aliphatic carboxylic acids is 1. The van der Waals surface area contributed by atoms with Gasteiger partial charge in [-0.1, -0.05) is 12.8 Å². The molecule has 1 radical (unpaired) electrons. The molecule has 0 aliphatic heterocycles. The van der Waals surface area contributed by atoms with E-state index in [2.05, 4.69) is 32.2 Å². The number of unbranched alkanes of at least 4 members (excludes halogenated alkanes) is 2. The van der Waals surface area contributed by atoms with E-state index in [0.717, 1.165) is 25.7 Å². The largest absolute Gasteiger partial charge is 0.481 e. The van der Waals surface area contributed by atoms with Crippen molar-refractivity contribution in [3.63, 3.8) is 0 Å². The van der Waals surface area contributed by atoms with Crippen molar-refractivity contribution in [2.45, 2.75) is 36.2 Å². The van der Waals surface area contributed by atoms with Crippen LogP contribution < -0.4 is 0 Å². The highest BCUT2D eigenvalue weighted by Crippen LogP contribution is 2.25. The third kappa shape index (κ3) is 10.2. The summed E-state index contributed by atoms with van der Waals surface area (Å²) in [4.78, 5) is 10.1. The van der Waals surface area contributed by atoms with Crippen LogP contribution >= 0.6 is 25.3 Å². The number of rotatable bonds is 6. The highest BCUT2D eigenvalue weighted by molar-refractivity contribution is 8.00. The quantitative estimate of drug-likeness (QED) is 0.355. The van der Waals surface area contributed by atoms with Crippen LogP contribution in [0.5, 0.6) is 0 Å². The summed E-state index contributed by atoms with van der Waals surface area (Å²) in [5.41, 5.74) is 0. The minimum atomic E-state index is -0.729. The highest BCUT2D eigenvalue weighted by Gasteiger charge is 2.11. The molecule has 0 rings (SSSR count). The molecule has 0 amide bonds. The fourth-order valence-electron chi connectivity index (χ4n) is 0.861. The first-order valence-electron chi connectivity index (χ1n) is 3.94. The zero-order valence-corrected chi connectivity index (χ0v) is 8.78. The lowest BCUT2D eigenvalue weighted by molar-refractivity contribution is -0.137. The first-order valence-corrected chi connectivity index (χ1v) is 4.83. The Labute approximate surface area is 84.6 Å². The third-order valence-electron chi connectivity index (χ3n) is 1.47. The van der Waals surface area contributed by atoms with Crippen molar-refractivity contribution in [1.29, 1.82) is 0 Å². The Balaban J connectivity index is 3.17. The van der Waals surface area contributed by atoms with Crippen molar-refractivity contribution in [2.24, 2.45) is 0 Å². The van der Waals surface area contributed by atoms with Crippen LogP contribution in [-0.4, -0.2) is 15.2 Å². The normalized spacial score (nSPS) is 11.6. The van der Waals surface area contributed by atoms with Crippen LogP contribution in [0.25, 0.3) is 0 Å². The van der Waals surface area contributed by atoms with E-state index in [0.29, 0.717) is 0 Å². The topological polar surface area (TPSA) is 37.3 Å². The van der Waals surface area contributed by atoms with Gasteiger partial charge in [-0.2, -0.15) is 25.3 Å². The second-order valence-corrected chi connectivity index (χ2v) is 5.00. The van der Waals surface area contributed by atoms with E-state index in [-0.39, 0.29) is 6.42 Å². The number of carboxylic acid groups (broad SMARTS) is 1. The van der Waals surface area contributed by atoms with Gasteiger partial charge >= 0.3 is 5.97 Å². The van der Waals surface area contributed by atoms with Crippen LogP contribution in [-0.2, 0) is 4.79 Å². The summed E-state index contributed by atoms with van der Waals surface area (Å²) in [6.45, 7) is 3.72. The molecule has 0 saturated heterocycles. The van der Waals surface area contributed by atoms with Gasteiger partial charge in [0.1, 0.15) is 0 Å². The van der Waals surface area contributed by atoms with Crippen LogP contribution in [0.4, 0.5) is 0 Å². The van der Waals surface area contributed by atoms with Crippen molar-refractivity contribution in [3.05, 3.63) is 6.92 Å². The molecule has 0 aromatic rings. The second kappa shape index (κ2) is 5.75. The molecule has 0 atom stereocenters. The van der Waals surface area contributed by atoms with Crippen molar-refractivity contribution >= 4 is 31.2 Å². The van der Waals surface area contributed by atoms with E-state index in [9.17, 15) is 4.79 Å². The molecule has 1 N–H and O–H groups in total. The van der Waals surface area contributed by atoms with Crippen LogP contribution in [0.2, 0.25) is 0 Å². The zero-order chi connectivity index (χ0) is 9.61.